The number of halogens is 4. The van der Waals surface area contributed by atoms with Crippen molar-refractivity contribution in [3.63, 3.8) is 0 Å². The molecule has 0 unspecified atom stereocenters. The molecular weight excluding hydrogens is 689 g/mol. The summed E-state index contributed by atoms with van der Waals surface area (Å²) in [7, 11) is 1.47. The van der Waals surface area contributed by atoms with Gasteiger partial charge in [-0.15, -0.1) is 0 Å². The van der Waals surface area contributed by atoms with Gasteiger partial charge in [0.05, 0.1) is 35.2 Å². The van der Waals surface area contributed by atoms with E-state index >= 15 is 0 Å². The fourth-order valence-corrected chi connectivity index (χ4v) is 7.01. The molecule has 15 heteroatoms. The van der Waals surface area contributed by atoms with E-state index in [-0.39, 0.29) is 38.4 Å². The molecule has 1 aliphatic rings. The molecule has 0 amide bonds. The number of benzene rings is 2. The second kappa shape index (κ2) is 13.5. The summed E-state index contributed by atoms with van der Waals surface area (Å²) in [6.45, 7) is 3.44. The maximum atomic E-state index is 14.0. The maximum absolute atomic E-state index is 14.0. The van der Waals surface area contributed by atoms with Gasteiger partial charge in [-0.05, 0) is 62.0 Å². The largest absolute Gasteiger partial charge is 0.496 e. The van der Waals surface area contributed by atoms with Gasteiger partial charge < -0.3 is 13.9 Å². The van der Waals surface area contributed by atoms with Crippen molar-refractivity contribution in [1.82, 2.24) is 14.5 Å². The Kier molecular flexibility index (Phi) is 9.32. The van der Waals surface area contributed by atoms with Gasteiger partial charge in [0.2, 0.25) is 0 Å². The maximum Gasteiger partial charge on any atom is 0.433 e. The number of rotatable bonds is 8. The minimum absolute atomic E-state index is 0.108. The van der Waals surface area contributed by atoms with Crippen molar-refractivity contribution < 1.29 is 31.9 Å². The molecule has 0 bridgehead atoms. The second-order valence-corrected chi connectivity index (χ2v) is 12.6. The van der Waals surface area contributed by atoms with Crippen molar-refractivity contribution in [3.8, 4) is 17.0 Å². The van der Waals surface area contributed by atoms with Gasteiger partial charge in [0.25, 0.3) is 5.56 Å². The zero-order chi connectivity index (χ0) is 34.2. The first-order chi connectivity index (χ1) is 23.0. The highest BCUT2D eigenvalue weighted by molar-refractivity contribution is 7.99. The molecule has 0 radical (unpaired) electrons. The third kappa shape index (κ3) is 6.68. The standard InChI is InChI=1S/C33H24ClF3N4O5S2/c1-4-45-30(43)27-17(2)38-32-41(28(27)21-14-19(34)10-12-23(21)44-3)29(42)24(47-32)15-20-11-13-26(46-20)48-31-39-22(18-8-6-5-7-9-18)16-25(40-31)33(35,36)37/h5-16,28H,4H2,1-3H3/b24-15-/t28-/m1/s1. The van der Waals surface area contributed by atoms with Gasteiger partial charge in [0, 0.05) is 22.2 Å². The zero-order valence-electron chi connectivity index (χ0n) is 25.4. The number of thiazole rings is 1. The molecule has 4 heterocycles. The van der Waals surface area contributed by atoms with Crippen LogP contribution in [0.5, 0.6) is 5.75 Å². The van der Waals surface area contributed by atoms with Crippen LogP contribution < -0.4 is 19.6 Å². The van der Waals surface area contributed by atoms with Gasteiger partial charge in [0.15, 0.2) is 15.1 Å². The summed E-state index contributed by atoms with van der Waals surface area (Å²) in [5, 5.41) is 0.405. The van der Waals surface area contributed by atoms with Crippen molar-refractivity contribution in [3.05, 3.63) is 120 Å². The summed E-state index contributed by atoms with van der Waals surface area (Å²) < 4.78 is 59.5. The lowest BCUT2D eigenvalue weighted by molar-refractivity contribution is -0.141. The second-order valence-electron chi connectivity index (χ2n) is 10.2. The van der Waals surface area contributed by atoms with Crippen LogP contribution in [0.25, 0.3) is 17.3 Å². The first kappa shape index (κ1) is 33.2. The first-order valence-electron chi connectivity index (χ1n) is 14.3. The minimum Gasteiger partial charge on any atom is -0.496 e. The number of ether oxygens (including phenoxy) is 2. The Bertz CT molecular complexity index is 2250. The summed E-state index contributed by atoms with van der Waals surface area (Å²) in [5.74, 6) is 0.00615. The molecule has 0 fully saturated rings. The lowest BCUT2D eigenvalue weighted by atomic mass is 9.95. The lowest BCUT2D eigenvalue weighted by Gasteiger charge is -2.26. The summed E-state index contributed by atoms with van der Waals surface area (Å²) in [6.07, 6.45) is -3.20. The Morgan fingerprint density at radius 2 is 1.90 bits per heavy atom. The molecule has 6 rings (SSSR count). The molecule has 48 heavy (non-hydrogen) atoms. The number of hydrogen-bond donors (Lipinski definition) is 0. The van der Waals surface area contributed by atoms with Crippen molar-refractivity contribution in [1.29, 1.82) is 0 Å². The molecule has 0 aliphatic carbocycles. The van der Waals surface area contributed by atoms with Gasteiger partial charge >= 0.3 is 12.1 Å². The SMILES string of the molecule is CCOC(=O)C1=C(C)N=c2s/c(=C\c3ccc(Sc4nc(-c5ccccc5)cc(C(F)(F)F)n4)o3)c(=O)n2[C@@H]1c1cc(Cl)ccc1OC. The molecule has 5 aromatic rings. The predicted octanol–water partition coefficient (Wildman–Crippen LogP) is 6.68. The molecular formula is C33H24ClF3N4O5S2. The van der Waals surface area contributed by atoms with E-state index in [9.17, 15) is 22.8 Å². The normalized spacial score (nSPS) is 14.9. The van der Waals surface area contributed by atoms with Gasteiger partial charge in [-0.1, -0.05) is 53.3 Å². The molecule has 0 saturated heterocycles. The van der Waals surface area contributed by atoms with Crippen LogP contribution in [0.15, 0.2) is 102 Å². The van der Waals surface area contributed by atoms with Crippen LogP contribution in [0.1, 0.15) is 36.9 Å². The predicted molar refractivity (Wildman–Crippen MR) is 174 cm³/mol. The van der Waals surface area contributed by atoms with E-state index in [4.69, 9.17) is 25.5 Å². The van der Waals surface area contributed by atoms with E-state index in [0.717, 1.165) is 29.2 Å². The zero-order valence-corrected chi connectivity index (χ0v) is 27.8. The number of methoxy groups -OCH3 is 1. The molecule has 0 N–H and O–H groups in total. The highest BCUT2D eigenvalue weighted by Crippen LogP contribution is 2.38. The summed E-state index contributed by atoms with van der Waals surface area (Å²) >= 11 is 8.23. The van der Waals surface area contributed by atoms with Gasteiger partial charge in [-0.25, -0.2) is 19.8 Å². The minimum atomic E-state index is -4.69. The number of alkyl halides is 3. The summed E-state index contributed by atoms with van der Waals surface area (Å²) in [4.78, 5) is 40.1. The van der Waals surface area contributed by atoms with Gasteiger partial charge in [-0.2, -0.15) is 13.2 Å². The number of nitrogens with zero attached hydrogens (tertiary/aromatic N) is 4. The van der Waals surface area contributed by atoms with E-state index in [0.29, 0.717) is 32.4 Å². The summed E-state index contributed by atoms with van der Waals surface area (Å²) in [6, 6.07) is 16.4. The molecule has 246 valence electrons. The van der Waals surface area contributed by atoms with Crippen LogP contribution in [0.4, 0.5) is 13.2 Å². The molecule has 1 aliphatic heterocycles. The van der Waals surface area contributed by atoms with Crippen molar-refractivity contribution in [2.24, 2.45) is 4.99 Å². The van der Waals surface area contributed by atoms with E-state index in [1.807, 2.05) is 0 Å². The molecule has 1 atom stereocenters. The van der Waals surface area contributed by atoms with Crippen LogP contribution in [0, 0.1) is 0 Å². The molecule has 9 nitrogen and oxygen atoms in total. The quantitative estimate of drug-likeness (QED) is 0.130. The molecule has 0 saturated carbocycles. The smallest absolute Gasteiger partial charge is 0.433 e. The number of hydrogen-bond acceptors (Lipinski definition) is 10. The average molecular weight is 713 g/mol. The Balaban J connectivity index is 1.40. The first-order valence-corrected chi connectivity index (χ1v) is 16.3. The highest BCUT2D eigenvalue weighted by atomic mass is 35.5. The van der Waals surface area contributed by atoms with Crippen LogP contribution in [-0.4, -0.2) is 34.2 Å². The molecule has 0 spiro atoms. The van der Waals surface area contributed by atoms with Crippen LogP contribution in [0.2, 0.25) is 5.02 Å². The number of allylic oxidation sites excluding steroid dienone is 1. The fourth-order valence-electron chi connectivity index (χ4n) is 5.06. The number of carbonyl (C=O) groups is 1. The summed E-state index contributed by atoms with van der Waals surface area (Å²) in [5.41, 5.74) is 0.0246. The van der Waals surface area contributed by atoms with Gasteiger partial charge in [0.1, 0.15) is 23.2 Å². The highest BCUT2D eigenvalue weighted by Gasteiger charge is 2.36. The van der Waals surface area contributed by atoms with E-state index in [1.165, 1.54) is 17.8 Å². The third-order valence-corrected chi connectivity index (χ3v) is 9.14. The van der Waals surface area contributed by atoms with Crippen LogP contribution in [-0.2, 0) is 15.7 Å². The van der Waals surface area contributed by atoms with Crippen LogP contribution >= 0.6 is 34.7 Å². The third-order valence-electron chi connectivity index (χ3n) is 7.14. The Labute approximate surface area is 284 Å². The number of carbonyl (C=O) groups excluding carboxylic acids is 1. The Morgan fingerprint density at radius 1 is 1.12 bits per heavy atom. The monoisotopic (exact) mass is 712 g/mol. The Hall–Kier alpha value is -4.66. The van der Waals surface area contributed by atoms with Crippen molar-refractivity contribution in [2.75, 3.05) is 13.7 Å². The van der Waals surface area contributed by atoms with Gasteiger partial charge in [-0.3, -0.25) is 9.36 Å². The van der Waals surface area contributed by atoms with Crippen molar-refractivity contribution >= 4 is 46.7 Å². The van der Waals surface area contributed by atoms with E-state index < -0.39 is 29.4 Å². The van der Waals surface area contributed by atoms with Crippen molar-refractivity contribution in [2.45, 2.75) is 36.3 Å². The number of aromatic nitrogens is 3. The topological polar surface area (TPSA) is 109 Å². The number of esters is 1. The molecule has 3 aromatic heterocycles. The molecule has 2 aromatic carbocycles. The number of fused-ring (bicyclic) bond motifs is 1. The van der Waals surface area contributed by atoms with E-state index in [1.54, 1.807) is 74.5 Å². The lowest BCUT2D eigenvalue weighted by Crippen LogP contribution is -2.40. The Morgan fingerprint density at radius 3 is 2.60 bits per heavy atom. The number of furan rings is 1. The van der Waals surface area contributed by atoms with Crippen LogP contribution in [0.3, 0.4) is 0 Å². The average Bonchev–Trinajstić information content (AvgIpc) is 3.62. The van der Waals surface area contributed by atoms with E-state index in [2.05, 4.69) is 15.0 Å². The fraction of sp³-hybridized carbons (Fsp3) is 0.182.